The highest BCUT2D eigenvalue weighted by Gasteiger charge is 2.34. The van der Waals surface area contributed by atoms with E-state index < -0.39 is 0 Å². The SMILES string of the molecule is CC.CN1CCC2NCCC21. The lowest BCUT2D eigenvalue weighted by Crippen LogP contribution is -2.31. The fourth-order valence-corrected chi connectivity index (χ4v) is 2.08. The molecule has 0 amide bonds. The molecule has 0 spiro atoms. The number of likely N-dealkylation sites (tertiary alicyclic amines) is 1. The Kier molecular flexibility index (Phi) is 3.34. The molecule has 2 aliphatic heterocycles. The van der Waals surface area contributed by atoms with Crippen LogP contribution in [-0.2, 0) is 0 Å². The summed E-state index contributed by atoms with van der Waals surface area (Å²) in [4.78, 5) is 2.48. The number of likely N-dealkylation sites (N-methyl/N-ethyl adjacent to an activating group) is 1. The Balaban J connectivity index is 0.000000281. The first-order valence-corrected chi connectivity index (χ1v) is 4.81. The molecule has 0 saturated carbocycles. The second-order valence-corrected chi connectivity index (χ2v) is 3.19. The molecule has 2 aliphatic rings. The Labute approximate surface area is 70.0 Å². The van der Waals surface area contributed by atoms with Gasteiger partial charge in [-0.3, -0.25) is 0 Å². The second kappa shape index (κ2) is 4.07. The van der Waals surface area contributed by atoms with Gasteiger partial charge < -0.3 is 10.2 Å². The summed E-state index contributed by atoms with van der Waals surface area (Å²) >= 11 is 0. The lowest BCUT2D eigenvalue weighted by atomic mass is 10.1. The van der Waals surface area contributed by atoms with Gasteiger partial charge in [0.05, 0.1) is 0 Å². The maximum atomic E-state index is 3.51. The zero-order valence-electron chi connectivity index (χ0n) is 7.93. The number of hydrogen-bond acceptors (Lipinski definition) is 2. The fraction of sp³-hybridized carbons (Fsp3) is 1.00. The van der Waals surface area contributed by atoms with Crippen LogP contribution in [0.4, 0.5) is 0 Å². The molecule has 2 unspecified atom stereocenters. The van der Waals surface area contributed by atoms with Crippen molar-refractivity contribution in [2.45, 2.75) is 38.8 Å². The van der Waals surface area contributed by atoms with Crippen LogP contribution >= 0.6 is 0 Å². The van der Waals surface area contributed by atoms with Gasteiger partial charge in [-0.15, -0.1) is 0 Å². The first kappa shape index (κ1) is 9.01. The molecule has 0 aromatic heterocycles. The average Bonchev–Trinajstić information content (AvgIpc) is 2.60. The van der Waals surface area contributed by atoms with Gasteiger partial charge in [0, 0.05) is 12.1 Å². The van der Waals surface area contributed by atoms with Crippen molar-refractivity contribution in [3.05, 3.63) is 0 Å². The highest BCUT2D eigenvalue weighted by molar-refractivity contribution is 4.95. The molecule has 2 saturated heterocycles. The van der Waals surface area contributed by atoms with E-state index in [4.69, 9.17) is 0 Å². The molecule has 2 rings (SSSR count). The summed E-state index contributed by atoms with van der Waals surface area (Å²) in [5.41, 5.74) is 0. The normalized spacial score (nSPS) is 36.3. The summed E-state index contributed by atoms with van der Waals surface area (Å²) in [6, 6.07) is 1.69. The van der Waals surface area contributed by atoms with Crippen LogP contribution in [0, 0.1) is 0 Å². The van der Waals surface area contributed by atoms with Crippen molar-refractivity contribution in [1.82, 2.24) is 10.2 Å². The molecule has 2 atom stereocenters. The topological polar surface area (TPSA) is 15.3 Å². The monoisotopic (exact) mass is 156 g/mol. The summed E-state index contributed by atoms with van der Waals surface area (Å²) < 4.78 is 0. The van der Waals surface area contributed by atoms with Crippen molar-refractivity contribution in [2.75, 3.05) is 20.1 Å². The van der Waals surface area contributed by atoms with Crippen molar-refractivity contribution in [3.63, 3.8) is 0 Å². The molecular formula is C9H20N2. The van der Waals surface area contributed by atoms with E-state index in [9.17, 15) is 0 Å². The predicted molar refractivity (Wildman–Crippen MR) is 48.8 cm³/mol. The minimum absolute atomic E-state index is 0.829. The zero-order valence-corrected chi connectivity index (χ0v) is 7.93. The molecule has 0 aromatic carbocycles. The van der Waals surface area contributed by atoms with Crippen LogP contribution in [0.3, 0.4) is 0 Å². The summed E-state index contributed by atoms with van der Waals surface area (Å²) in [7, 11) is 2.23. The molecular weight excluding hydrogens is 136 g/mol. The van der Waals surface area contributed by atoms with Crippen molar-refractivity contribution in [3.8, 4) is 0 Å². The molecule has 2 heteroatoms. The third-order valence-corrected chi connectivity index (χ3v) is 2.67. The van der Waals surface area contributed by atoms with E-state index in [1.54, 1.807) is 0 Å². The van der Waals surface area contributed by atoms with Crippen LogP contribution in [0.1, 0.15) is 26.7 Å². The minimum Gasteiger partial charge on any atom is -0.312 e. The Hall–Kier alpha value is -0.0800. The Morgan fingerprint density at radius 3 is 2.64 bits per heavy atom. The highest BCUT2D eigenvalue weighted by atomic mass is 15.2. The molecule has 2 heterocycles. The van der Waals surface area contributed by atoms with Crippen LogP contribution in [0.15, 0.2) is 0 Å². The van der Waals surface area contributed by atoms with Gasteiger partial charge in [0.15, 0.2) is 0 Å². The number of rotatable bonds is 0. The van der Waals surface area contributed by atoms with E-state index in [1.165, 1.54) is 25.9 Å². The van der Waals surface area contributed by atoms with Crippen molar-refractivity contribution >= 4 is 0 Å². The fourth-order valence-electron chi connectivity index (χ4n) is 2.08. The van der Waals surface area contributed by atoms with Crippen LogP contribution in [0.25, 0.3) is 0 Å². The molecule has 66 valence electrons. The van der Waals surface area contributed by atoms with Gasteiger partial charge >= 0.3 is 0 Å². The molecule has 1 N–H and O–H groups in total. The van der Waals surface area contributed by atoms with Crippen LogP contribution in [0.5, 0.6) is 0 Å². The predicted octanol–water partition coefficient (Wildman–Crippen LogP) is 1.08. The van der Waals surface area contributed by atoms with Gasteiger partial charge in [0.25, 0.3) is 0 Å². The number of nitrogens with one attached hydrogen (secondary N) is 1. The lowest BCUT2D eigenvalue weighted by molar-refractivity contribution is 0.310. The summed E-state index contributed by atoms with van der Waals surface area (Å²) in [6.07, 6.45) is 2.72. The maximum absolute atomic E-state index is 3.51. The standard InChI is InChI=1S/C7H14N2.C2H6/c1-9-5-3-6-7(9)2-4-8-6;1-2/h6-8H,2-5H2,1H3;1-2H3. The van der Waals surface area contributed by atoms with E-state index in [0.717, 1.165) is 12.1 Å². The molecule has 11 heavy (non-hydrogen) atoms. The van der Waals surface area contributed by atoms with E-state index in [2.05, 4.69) is 17.3 Å². The number of nitrogens with zero attached hydrogens (tertiary/aromatic N) is 1. The summed E-state index contributed by atoms with van der Waals surface area (Å²) in [6.45, 7) is 6.53. The van der Waals surface area contributed by atoms with E-state index >= 15 is 0 Å². The summed E-state index contributed by atoms with van der Waals surface area (Å²) in [5.74, 6) is 0. The Bertz CT molecular complexity index is 114. The lowest BCUT2D eigenvalue weighted by Gasteiger charge is -2.16. The molecule has 0 bridgehead atoms. The Morgan fingerprint density at radius 1 is 1.27 bits per heavy atom. The van der Waals surface area contributed by atoms with Gasteiger partial charge in [-0.25, -0.2) is 0 Å². The molecule has 2 nitrogen and oxygen atoms in total. The molecule has 0 aromatic rings. The van der Waals surface area contributed by atoms with Crippen LogP contribution in [0.2, 0.25) is 0 Å². The molecule has 0 radical (unpaired) electrons. The van der Waals surface area contributed by atoms with Gasteiger partial charge in [-0.05, 0) is 33.0 Å². The van der Waals surface area contributed by atoms with Gasteiger partial charge in [-0.1, -0.05) is 13.8 Å². The first-order chi connectivity index (χ1) is 5.38. The highest BCUT2D eigenvalue weighted by Crippen LogP contribution is 2.22. The summed E-state index contributed by atoms with van der Waals surface area (Å²) in [5, 5.41) is 3.51. The van der Waals surface area contributed by atoms with Gasteiger partial charge in [0.1, 0.15) is 0 Å². The largest absolute Gasteiger partial charge is 0.312 e. The zero-order chi connectivity index (χ0) is 8.27. The Morgan fingerprint density at radius 2 is 2.00 bits per heavy atom. The third kappa shape index (κ3) is 1.74. The number of fused-ring (bicyclic) bond motifs is 1. The van der Waals surface area contributed by atoms with E-state index in [1.807, 2.05) is 13.8 Å². The van der Waals surface area contributed by atoms with Gasteiger partial charge in [0.2, 0.25) is 0 Å². The van der Waals surface area contributed by atoms with Crippen molar-refractivity contribution < 1.29 is 0 Å². The quantitative estimate of drug-likeness (QED) is 0.564. The first-order valence-electron chi connectivity index (χ1n) is 4.81. The van der Waals surface area contributed by atoms with E-state index in [0.29, 0.717) is 0 Å². The van der Waals surface area contributed by atoms with E-state index in [-0.39, 0.29) is 0 Å². The molecule has 2 fully saturated rings. The van der Waals surface area contributed by atoms with Gasteiger partial charge in [-0.2, -0.15) is 0 Å². The molecule has 0 aliphatic carbocycles. The van der Waals surface area contributed by atoms with Crippen LogP contribution < -0.4 is 5.32 Å². The minimum atomic E-state index is 0.829. The second-order valence-electron chi connectivity index (χ2n) is 3.19. The van der Waals surface area contributed by atoms with Crippen LogP contribution in [-0.4, -0.2) is 37.1 Å². The smallest absolute Gasteiger partial charge is 0.0258 e. The van der Waals surface area contributed by atoms with Crippen molar-refractivity contribution in [2.24, 2.45) is 0 Å². The number of hydrogen-bond donors (Lipinski definition) is 1. The van der Waals surface area contributed by atoms with Crippen molar-refractivity contribution in [1.29, 1.82) is 0 Å². The average molecular weight is 156 g/mol. The maximum Gasteiger partial charge on any atom is 0.0258 e. The third-order valence-electron chi connectivity index (χ3n) is 2.67.